The number of ether oxygens (including phenoxy) is 5. The normalized spacial score (nSPS) is 31.3. The first-order valence-electron chi connectivity index (χ1n) is 19.2. The highest BCUT2D eigenvalue weighted by atomic mass is 16.6. The van der Waals surface area contributed by atoms with Crippen molar-refractivity contribution in [2.24, 2.45) is 17.8 Å². The van der Waals surface area contributed by atoms with Crippen molar-refractivity contribution in [2.75, 3.05) is 38.2 Å². The van der Waals surface area contributed by atoms with E-state index in [0.717, 1.165) is 17.8 Å². The molecular formula is C41H61N3O10. The van der Waals surface area contributed by atoms with E-state index in [-0.39, 0.29) is 61.4 Å². The Bertz CT molecular complexity index is 1470. The Labute approximate surface area is 320 Å². The number of hydrogen-bond donors (Lipinski definition) is 2. The maximum atomic E-state index is 13.6. The number of aliphatic hydroxyl groups is 2. The molecule has 0 bridgehead atoms. The van der Waals surface area contributed by atoms with Crippen LogP contribution in [-0.2, 0) is 33.3 Å². The minimum absolute atomic E-state index is 0.00805. The number of cyclic esters (lactones) is 1. The van der Waals surface area contributed by atoms with E-state index in [1.54, 1.807) is 37.3 Å². The molecule has 2 N–H and O–H groups in total. The first-order chi connectivity index (χ1) is 25.6. The number of carbonyl (C=O) groups is 3. The molecule has 300 valence electrons. The summed E-state index contributed by atoms with van der Waals surface area (Å²) in [5.74, 6) is -0.740. The van der Waals surface area contributed by atoms with E-state index < -0.39 is 42.0 Å². The summed E-state index contributed by atoms with van der Waals surface area (Å²) in [7, 11) is 1.70. The number of nitrogens with zero attached hydrogens (tertiary/aromatic N) is 3. The Hall–Kier alpha value is -3.78. The molecule has 4 rings (SSSR count). The number of esters is 2. The number of amides is 1. The van der Waals surface area contributed by atoms with Crippen LogP contribution in [0.25, 0.3) is 0 Å². The zero-order chi connectivity index (χ0) is 39.6. The van der Waals surface area contributed by atoms with E-state index in [1.165, 1.54) is 6.92 Å². The van der Waals surface area contributed by atoms with Crippen molar-refractivity contribution in [3.8, 4) is 0 Å². The van der Waals surface area contributed by atoms with Crippen LogP contribution in [0.4, 0.5) is 10.6 Å². The second kappa shape index (κ2) is 19.7. The number of rotatable bonds is 12. The number of methoxy groups -OCH3 is 1. The third kappa shape index (κ3) is 11.9. The lowest BCUT2D eigenvalue weighted by molar-refractivity contribution is -0.157. The van der Waals surface area contributed by atoms with Crippen molar-refractivity contribution < 1.29 is 48.3 Å². The predicted octanol–water partition coefficient (Wildman–Crippen LogP) is 5.01. The van der Waals surface area contributed by atoms with Crippen molar-refractivity contribution in [2.45, 2.75) is 122 Å². The van der Waals surface area contributed by atoms with E-state index in [4.69, 9.17) is 23.7 Å². The van der Waals surface area contributed by atoms with Gasteiger partial charge in [0.05, 0.1) is 24.7 Å². The second-order valence-corrected chi connectivity index (χ2v) is 15.2. The van der Waals surface area contributed by atoms with Gasteiger partial charge >= 0.3 is 18.0 Å². The molecule has 3 aliphatic heterocycles. The molecule has 0 saturated carbocycles. The SMILES string of the molecule is CCC(OC)C(C)C1OC1C(OC(=O)N1CCN(c2ccccn2)CC1)C(C)/C=C/C=C(\C)C1OC(=O)CC(O)CCC(C)(O)C(OC(C)=O)/C=C/C1C. The number of pyridine rings is 1. The van der Waals surface area contributed by atoms with Gasteiger partial charge in [-0.1, -0.05) is 58.1 Å². The molecule has 13 nitrogen and oxygen atoms in total. The molecule has 0 aliphatic carbocycles. The topological polar surface area (TPSA) is 160 Å². The van der Waals surface area contributed by atoms with E-state index in [1.807, 2.05) is 57.2 Å². The standard InChI is InChI=1S/C41H61N3O10/c1-9-32(50-8)29(5)38-39(53-38)37(54-40(48)44-23-21-43(22-24-44)34-15-10-11-20-42-34)27(3)14-12-13-26(2)36-28(4)16-17-33(51-30(6)45)41(7,49)19-18-31(46)25-35(47)52-36/h10-17,20,27-29,31-33,36-39,46,49H,9,18-19,21-25H2,1-8H3/b14-12+,17-16+,26-13+. The van der Waals surface area contributed by atoms with Crippen LogP contribution in [0, 0.1) is 17.8 Å². The molecule has 2 fully saturated rings. The molecule has 4 heterocycles. The smallest absolute Gasteiger partial charge is 0.410 e. The van der Waals surface area contributed by atoms with Gasteiger partial charge < -0.3 is 43.7 Å². The fourth-order valence-electron chi connectivity index (χ4n) is 7.33. The lowest BCUT2D eigenvalue weighted by Crippen LogP contribution is -2.50. The number of aromatic nitrogens is 1. The quantitative estimate of drug-likeness (QED) is 0.0967. The van der Waals surface area contributed by atoms with Gasteiger partial charge in [-0.15, -0.1) is 0 Å². The van der Waals surface area contributed by atoms with Gasteiger partial charge in [-0.2, -0.15) is 0 Å². The third-order valence-electron chi connectivity index (χ3n) is 10.8. The van der Waals surface area contributed by atoms with Crippen LogP contribution < -0.4 is 4.90 Å². The molecule has 3 aliphatic rings. The summed E-state index contributed by atoms with van der Waals surface area (Å²) in [5.41, 5.74) is -0.729. The van der Waals surface area contributed by atoms with Crippen molar-refractivity contribution in [3.63, 3.8) is 0 Å². The molecule has 1 amide bonds. The van der Waals surface area contributed by atoms with Gasteiger partial charge in [-0.05, 0) is 56.9 Å². The second-order valence-electron chi connectivity index (χ2n) is 15.2. The maximum absolute atomic E-state index is 13.6. The van der Waals surface area contributed by atoms with Crippen molar-refractivity contribution in [1.29, 1.82) is 0 Å². The van der Waals surface area contributed by atoms with E-state index in [9.17, 15) is 24.6 Å². The molecule has 0 radical (unpaired) electrons. The average Bonchev–Trinajstić information content (AvgIpc) is 3.94. The maximum Gasteiger partial charge on any atom is 0.410 e. The molecule has 0 aromatic carbocycles. The molecule has 54 heavy (non-hydrogen) atoms. The van der Waals surface area contributed by atoms with Crippen LogP contribution in [0.5, 0.6) is 0 Å². The molecule has 13 heteroatoms. The lowest BCUT2D eigenvalue weighted by Gasteiger charge is -2.35. The summed E-state index contributed by atoms with van der Waals surface area (Å²) in [6, 6.07) is 5.79. The molecule has 11 unspecified atom stereocenters. The van der Waals surface area contributed by atoms with Gasteiger partial charge in [-0.3, -0.25) is 9.59 Å². The van der Waals surface area contributed by atoms with E-state index in [0.29, 0.717) is 26.2 Å². The Balaban J connectivity index is 1.51. The first kappa shape index (κ1) is 43.0. The fourth-order valence-corrected chi connectivity index (χ4v) is 7.33. The Morgan fingerprint density at radius 3 is 2.48 bits per heavy atom. The molecule has 0 spiro atoms. The number of piperazine rings is 1. The zero-order valence-electron chi connectivity index (χ0n) is 33.1. The summed E-state index contributed by atoms with van der Waals surface area (Å²) >= 11 is 0. The summed E-state index contributed by atoms with van der Waals surface area (Å²) in [6.45, 7) is 15.0. The van der Waals surface area contributed by atoms with E-state index >= 15 is 0 Å². The van der Waals surface area contributed by atoms with Crippen molar-refractivity contribution >= 4 is 23.8 Å². The van der Waals surface area contributed by atoms with Crippen LogP contribution in [0.2, 0.25) is 0 Å². The molecule has 1 aromatic rings. The highest BCUT2D eigenvalue weighted by Gasteiger charge is 2.53. The van der Waals surface area contributed by atoms with Crippen LogP contribution in [0.15, 0.2) is 60.3 Å². The largest absolute Gasteiger partial charge is 0.457 e. The summed E-state index contributed by atoms with van der Waals surface area (Å²) in [4.78, 5) is 46.7. The molecule has 11 atom stereocenters. The summed E-state index contributed by atoms with van der Waals surface area (Å²) in [6.07, 6.45) is 7.54. The van der Waals surface area contributed by atoms with Crippen LogP contribution >= 0.6 is 0 Å². The van der Waals surface area contributed by atoms with Crippen molar-refractivity contribution in [3.05, 3.63) is 60.3 Å². The molecular weight excluding hydrogens is 694 g/mol. The number of aliphatic hydroxyl groups excluding tert-OH is 1. The van der Waals surface area contributed by atoms with Gasteiger partial charge in [0.1, 0.15) is 35.8 Å². The number of allylic oxidation sites excluding steroid dienone is 2. The number of hydrogen-bond acceptors (Lipinski definition) is 12. The minimum Gasteiger partial charge on any atom is -0.457 e. The number of carbonyl (C=O) groups excluding carboxylic acids is 3. The monoisotopic (exact) mass is 755 g/mol. The van der Waals surface area contributed by atoms with E-state index in [2.05, 4.69) is 23.7 Å². The Morgan fingerprint density at radius 1 is 1.13 bits per heavy atom. The van der Waals surface area contributed by atoms with Gasteiger partial charge in [0.15, 0.2) is 0 Å². The van der Waals surface area contributed by atoms with Gasteiger partial charge in [0, 0.05) is 64.2 Å². The van der Waals surface area contributed by atoms with Crippen molar-refractivity contribution in [1.82, 2.24) is 9.88 Å². The first-order valence-corrected chi connectivity index (χ1v) is 19.2. The van der Waals surface area contributed by atoms with Gasteiger partial charge in [-0.25, -0.2) is 9.78 Å². The van der Waals surface area contributed by atoms with Gasteiger partial charge in [0.25, 0.3) is 0 Å². The number of anilines is 1. The highest BCUT2D eigenvalue weighted by Crippen LogP contribution is 2.39. The molecule has 1 aromatic heterocycles. The van der Waals surface area contributed by atoms with Crippen LogP contribution in [0.1, 0.15) is 74.1 Å². The van der Waals surface area contributed by atoms with Crippen LogP contribution in [0.3, 0.4) is 0 Å². The minimum atomic E-state index is -1.46. The average molecular weight is 756 g/mol. The summed E-state index contributed by atoms with van der Waals surface area (Å²) in [5, 5.41) is 21.7. The van der Waals surface area contributed by atoms with Crippen LogP contribution in [-0.4, -0.2) is 120 Å². The summed E-state index contributed by atoms with van der Waals surface area (Å²) < 4.78 is 29.5. The third-order valence-corrected chi connectivity index (χ3v) is 10.8. The molecule has 2 saturated heterocycles. The van der Waals surface area contributed by atoms with Gasteiger partial charge in [0.2, 0.25) is 0 Å². The lowest BCUT2D eigenvalue weighted by atomic mass is 9.88. The highest BCUT2D eigenvalue weighted by molar-refractivity contribution is 5.70. The zero-order valence-corrected chi connectivity index (χ0v) is 33.1. The number of epoxide rings is 1. The Kier molecular flexibility index (Phi) is 15.7. The Morgan fingerprint density at radius 2 is 1.85 bits per heavy atom. The predicted molar refractivity (Wildman–Crippen MR) is 203 cm³/mol. The fraction of sp³-hybridized carbons (Fsp3) is 0.659.